The van der Waals surface area contributed by atoms with Crippen molar-refractivity contribution in [1.29, 1.82) is 0 Å². The molecule has 0 saturated heterocycles. The molecule has 0 saturated carbocycles. The number of aliphatic hydroxyl groups excluding tert-OH is 2. The maximum atomic E-state index is 12.0. The normalized spacial score (nSPS) is 22.0. The Labute approximate surface area is 153 Å². The first kappa shape index (κ1) is 19.0. The third-order valence-electron chi connectivity index (χ3n) is 2.87. The Balaban J connectivity index is 2.42. The number of hydrogen-bond donors (Lipinski definition) is 3. The van der Waals surface area contributed by atoms with Crippen molar-refractivity contribution in [2.45, 2.75) is 22.4 Å². The summed E-state index contributed by atoms with van der Waals surface area (Å²) in [5.41, 5.74) is -0.978. The molecule has 0 fully saturated rings. The molecule has 12 heteroatoms. The van der Waals surface area contributed by atoms with Gasteiger partial charge in [-0.1, -0.05) is 34.8 Å². The van der Waals surface area contributed by atoms with Crippen molar-refractivity contribution in [3.63, 3.8) is 0 Å². The molecule has 3 N–H and O–H groups in total. The van der Waals surface area contributed by atoms with Crippen LogP contribution in [0.15, 0.2) is 26.5 Å². The predicted molar refractivity (Wildman–Crippen MR) is 92.2 cm³/mol. The number of halogens is 3. The Morgan fingerprint density at radius 2 is 2.09 bits per heavy atom. The summed E-state index contributed by atoms with van der Waals surface area (Å²) in [6, 6.07) is 0. The van der Waals surface area contributed by atoms with E-state index in [1.807, 2.05) is 0 Å². The number of alkyl halides is 3. The molecule has 0 spiro atoms. The lowest BCUT2D eigenvalue weighted by molar-refractivity contribution is -0.0259. The van der Waals surface area contributed by atoms with Crippen LogP contribution in [0.2, 0.25) is 0 Å². The molecule has 1 aromatic heterocycles. The molecule has 1 aliphatic heterocycles. The van der Waals surface area contributed by atoms with Crippen LogP contribution in [0, 0.1) is 6.92 Å². The minimum atomic E-state index is -1.66. The van der Waals surface area contributed by atoms with E-state index in [9.17, 15) is 19.8 Å². The molecule has 2 rings (SSSR count). The van der Waals surface area contributed by atoms with E-state index in [-0.39, 0.29) is 16.2 Å². The molecule has 23 heavy (non-hydrogen) atoms. The number of nitrogens with one attached hydrogen (secondary N) is 1. The topological polar surface area (TPSA) is 105 Å². The van der Waals surface area contributed by atoms with Gasteiger partial charge in [-0.25, -0.2) is 4.79 Å². The summed E-state index contributed by atoms with van der Waals surface area (Å²) in [6.07, 6.45) is -0.781. The second-order valence-electron chi connectivity index (χ2n) is 4.50. The highest BCUT2D eigenvalue weighted by Crippen LogP contribution is 2.53. The third kappa shape index (κ3) is 4.41. The SMILES string of the molecule is Cc1cn([C@@H]2O[C@H](CO)C(O)=C2SSC(Cl)(Cl)Cl)c(=O)[nH]c1=O. The highest BCUT2D eigenvalue weighted by Gasteiger charge is 2.38. The summed E-state index contributed by atoms with van der Waals surface area (Å²) in [6.45, 7) is 1.02. The van der Waals surface area contributed by atoms with Gasteiger partial charge in [0.05, 0.1) is 11.5 Å². The molecule has 0 amide bonds. The lowest BCUT2D eigenvalue weighted by Gasteiger charge is -2.18. The molecule has 1 aliphatic rings. The van der Waals surface area contributed by atoms with Gasteiger partial charge in [-0.3, -0.25) is 14.3 Å². The molecule has 2 heterocycles. The number of aromatic amines is 1. The van der Waals surface area contributed by atoms with Crippen molar-refractivity contribution in [3.8, 4) is 0 Å². The second kappa shape index (κ2) is 7.30. The van der Waals surface area contributed by atoms with E-state index in [1.165, 1.54) is 13.1 Å². The first-order valence-corrected chi connectivity index (χ1v) is 9.36. The molecule has 1 aromatic rings. The van der Waals surface area contributed by atoms with Gasteiger partial charge in [-0.15, -0.1) is 0 Å². The average Bonchev–Trinajstić information content (AvgIpc) is 2.76. The number of aliphatic hydroxyl groups is 2. The van der Waals surface area contributed by atoms with Gasteiger partial charge in [0, 0.05) is 11.8 Å². The van der Waals surface area contributed by atoms with Gasteiger partial charge in [0.15, 0.2) is 6.23 Å². The smallest absolute Gasteiger partial charge is 0.330 e. The molecule has 0 aromatic carbocycles. The molecule has 7 nitrogen and oxygen atoms in total. The van der Waals surface area contributed by atoms with Gasteiger partial charge in [-0.05, 0) is 28.5 Å². The molecular weight excluding hydrogens is 411 g/mol. The van der Waals surface area contributed by atoms with Gasteiger partial charge >= 0.3 is 5.69 Å². The maximum absolute atomic E-state index is 12.0. The van der Waals surface area contributed by atoms with Crippen LogP contribution < -0.4 is 11.2 Å². The summed E-state index contributed by atoms with van der Waals surface area (Å²) < 4.78 is 4.89. The van der Waals surface area contributed by atoms with Crippen LogP contribution in [-0.4, -0.2) is 35.6 Å². The van der Waals surface area contributed by atoms with E-state index in [2.05, 4.69) is 4.98 Å². The van der Waals surface area contributed by atoms with Crippen LogP contribution in [0.4, 0.5) is 0 Å². The van der Waals surface area contributed by atoms with Crippen LogP contribution in [-0.2, 0) is 4.74 Å². The maximum Gasteiger partial charge on any atom is 0.330 e. The van der Waals surface area contributed by atoms with E-state index >= 15 is 0 Å². The van der Waals surface area contributed by atoms with Crippen LogP contribution >= 0.6 is 56.4 Å². The fraction of sp³-hybridized carbons (Fsp3) is 0.455. The monoisotopic (exact) mass is 420 g/mol. The van der Waals surface area contributed by atoms with Gasteiger partial charge < -0.3 is 14.9 Å². The first-order valence-electron chi connectivity index (χ1n) is 6.08. The van der Waals surface area contributed by atoms with E-state index in [4.69, 9.17) is 39.5 Å². The standard InChI is InChI=1S/C11H11Cl3N2O5S2/c1-4-2-16(10(20)15-8(4)19)9-7(22-23-11(12,13)14)6(18)5(3-17)21-9/h2,5,9,17-18H,3H2,1H3,(H,15,19,20)/t5-,9-/m1/s1. The number of H-pyrrole nitrogens is 1. The first-order chi connectivity index (χ1) is 10.6. The van der Waals surface area contributed by atoms with Crippen LogP contribution in [0.3, 0.4) is 0 Å². The largest absolute Gasteiger partial charge is 0.508 e. The summed E-state index contributed by atoms with van der Waals surface area (Å²) in [5.74, 6) is -0.264. The zero-order chi connectivity index (χ0) is 17.4. The lowest BCUT2D eigenvalue weighted by Crippen LogP contribution is -2.34. The van der Waals surface area contributed by atoms with Crippen LogP contribution in [0.25, 0.3) is 0 Å². The Morgan fingerprint density at radius 1 is 1.43 bits per heavy atom. The lowest BCUT2D eigenvalue weighted by atomic mass is 10.3. The van der Waals surface area contributed by atoms with Crippen molar-refractivity contribution in [2.75, 3.05) is 6.61 Å². The molecule has 128 valence electrons. The zero-order valence-electron chi connectivity index (χ0n) is 11.5. The average molecular weight is 422 g/mol. The zero-order valence-corrected chi connectivity index (χ0v) is 15.4. The van der Waals surface area contributed by atoms with Crippen molar-refractivity contribution < 1.29 is 14.9 Å². The third-order valence-corrected chi connectivity index (χ3v) is 6.78. The summed E-state index contributed by atoms with van der Waals surface area (Å²) in [7, 11) is 1.71. The van der Waals surface area contributed by atoms with Gasteiger partial charge in [-0.2, -0.15) is 0 Å². The predicted octanol–water partition coefficient (Wildman–Crippen LogP) is 2.21. The van der Waals surface area contributed by atoms with Gasteiger partial charge in [0.25, 0.3) is 5.56 Å². The van der Waals surface area contributed by atoms with Gasteiger partial charge in [0.2, 0.25) is 3.12 Å². The number of ether oxygens (including phenoxy) is 1. The molecule has 0 aliphatic carbocycles. The minimum Gasteiger partial charge on any atom is -0.508 e. The Bertz CT molecular complexity index is 742. The highest BCUT2D eigenvalue weighted by molar-refractivity contribution is 8.79. The fourth-order valence-corrected chi connectivity index (χ4v) is 4.38. The number of aromatic nitrogens is 2. The molecule has 0 radical (unpaired) electrons. The number of rotatable bonds is 4. The van der Waals surface area contributed by atoms with Crippen molar-refractivity contribution in [3.05, 3.63) is 43.3 Å². The Kier molecular flexibility index (Phi) is 6.04. The Morgan fingerprint density at radius 3 is 2.65 bits per heavy atom. The molecule has 2 atom stereocenters. The second-order valence-corrected chi connectivity index (χ2v) is 9.84. The summed E-state index contributed by atoms with van der Waals surface area (Å²) in [5, 5.41) is 19.4. The van der Waals surface area contributed by atoms with E-state index < -0.39 is 33.3 Å². The van der Waals surface area contributed by atoms with Crippen molar-refractivity contribution >= 4 is 56.4 Å². The van der Waals surface area contributed by atoms with E-state index in [0.717, 1.165) is 26.2 Å². The number of nitrogens with zero attached hydrogens (tertiary/aromatic N) is 1. The molecular formula is C11H11Cl3N2O5S2. The van der Waals surface area contributed by atoms with Crippen molar-refractivity contribution in [2.24, 2.45) is 0 Å². The highest BCUT2D eigenvalue weighted by atomic mass is 35.6. The minimum absolute atomic E-state index is 0.189. The molecule has 0 unspecified atom stereocenters. The van der Waals surface area contributed by atoms with Gasteiger partial charge in [0.1, 0.15) is 11.9 Å². The number of hydrogen-bond acceptors (Lipinski definition) is 7. The van der Waals surface area contributed by atoms with Crippen LogP contribution in [0.1, 0.15) is 11.8 Å². The Hall–Kier alpha value is -0.290. The molecule has 0 bridgehead atoms. The number of aryl methyl sites for hydroxylation is 1. The van der Waals surface area contributed by atoms with E-state index in [0.29, 0.717) is 0 Å². The van der Waals surface area contributed by atoms with E-state index in [1.54, 1.807) is 0 Å². The fourth-order valence-electron chi connectivity index (χ4n) is 1.82. The summed E-state index contributed by atoms with van der Waals surface area (Å²) >= 11 is 17.0. The quantitative estimate of drug-likeness (QED) is 0.506. The van der Waals surface area contributed by atoms with Crippen LogP contribution in [0.5, 0.6) is 0 Å². The van der Waals surface area contributed by atoms with Crippen molar-refractivity contribution in [1.82, 2.24) is 9.55 Å². The summed E-state index contributed by atoms with van der Waals surface area (Å²) in [4.78, 5) is 25.8.